The second-order valence-corrected chi connectivity index (χ2v) is 13.4. The zero-order valence-corrected chi connectivity index (χ0v) is 24.3. The SMILES string of the molecule is Cc1cccc(C)c1-c1cc(Cl)nc(NS(=O)(=O)c2cccc(CC3CCN(C(C)(C)C)C[C@@H](O)C3)c2)n1. The Hall–Kier alpha value is -2.52. The van der Waals surface area contributed by atoms with Gasteiger partial charge in [0, 0.05) is 23.7 Å². The van der Waals surface area contributed by atoms with Crippen molar-refractivity contribution in [1.29, 1.82) is 0 Å². The van der Waals surface area contributed by atoms with Crippen LogP contribution in [0.1, 0.15) is 50.3 Å². The van der Waals surface area contributed by atoms with Crippen molar-refractivity contribution < 1.29 is 13.5 Å². The number of aliphatic hydroxyl groups is 1. The molecule has 1 fully saturated rings. The summed E-state index contributed by atoms with van der Waals surface area (Å²) in [6.45, 7) is 12.0. The number of halogens is 1. The molecule has 9 heteroatoms. The standard InChI is InChI=1S/C29H37ClN4O3S/c1-19-8-6-9-20(2)27(19)25-17-26(30)32-28(31-25)33-38(36,37)24-11-7-10-21(16-24)14-22-12-13-34(29(3,4)5)18-23(35)15-22/h6-11,16-17,22-23,35H,12-15,18H2,1-5H3,(H,31,32,33)/t22?,23-/m0/s1. The predicted octanol–water partition coefficient (Wildman–Crippen LogP) is 5.63. The van der Waals surface area contributed by atoms with Gasteiger partial charge >= 0.3 is 0 Å². The molecule has 1 saturated heterocycles. The number of aliphatic hydroxyl groups excluding tert-OH is 1. The van der Waals surface area contributed by atoms with Gasteiger partial charge in [0.15, 0.2) is 0 Å². The summed E-state index contributed by atoms with van der Waals surface area (Å²) in [5, 5.41) is 10.8. The summed E-state index contributed by atoms with van der Waals surface area (Å²) in [6.07, 6.45) is 1.93. The highest BCUT2D eigenvalue weighted by Crippen LogP contribution is 2.29. The number of hydrogen-bond acceptors (Lipinski definition) is 6. The van der Waals surface area contributed by atoms with E-state index in [-0.39, 0.29) is 27.5 Å². The van der Waals surface area contributed by atoms with Crippen molar-refractivity contribution in [3.05, 3.63) is 70.4 Å². The van der Waals surface area contributed by atoms with E-state index < -0.39 is 16.1 Å². The Bertz CT molecular complexity index is 1380. The topological polar surface area (TPSA) is 95.4 Å². The average molecular weight is 557 g/mol. The van der Waals surface area contributed by atoms with E-state index in [1.807, 2.05) is 38.1 Å². The fourth-order valence-electron chi connectivity index (χ4n) is 5.22. The number of sulfonamides is 1. The number of hydrogen-bond donors (Lipinski definition) is 2. The van der Waals surface area contributed by atoms with E-state index in [9.17, 15) is 13.5 Å². The van der Waals surface area contributed by atoms with Crippen molar-refractivity contribution in [3.63, 3.8) is 0 Å². The van der Waals surface area contributed by atoms with E-state index in [0.717, 1.165) is 35.2 Å². The molecule has 3 aromatic rings. The number of nitrogens with one attached hydrogen (secondary N) is 1. The minimum absolute atomic E-state index is 0.00426. The lowest BCUT2D eigenvalue weighted by molar-refractivity contribution is 0.0685. The number of nitrogens with zero attached hydrogens (tertiary/aromatic N) is 3. The van der Waals surface area contributed by atoms with Gasteiger partial charge < -0.3 is 5.11 Å². The molecule has 0 spiro atoms. The Labute approximate surface area is 231 Å². The van der Waals surface area contributed by atoms with E-state index in [1.54, 1.807) is 24.3 Å². The van der Waals surface area contributed by atoms with E-state index in [4.69, 9.17) is 11.6 Å². The molecule has 2 N–H and O–H groups in total. The molecule has 2 heterocycles. The first-order chi connectivity index (χ1) is 17.8. The molecule has 4 rings (SSSR count). The van der Waals surface area contributed by atoms with Gasteiger partial charge in [0.05, 0.1) is 16.7 Å². The van der Waals surface area contributed by atoms with Gasteiger partial charge in [0.2, 0.25) is 5.95 Å². The van der Waals surface area contributed by atoms with Crippen molar-refractivity contribution in [2.45, 2.75) is 70.4 Å². The van der Waals surface area contributed by atoms with Crippen LogP contribution in [0.4, 0.5) is 5.95 Å². The number of aryl methyl sites for hydroxylation is 2. The van der Waals surface area contributed by atoms with Crippen LogP contribution in [0.5, 0.6) is 0 Å². The second kappa shape index (κ2) is 11.3. The molecule has 1 aliphatic heterocycles. The summed E-state index contributed by atoms with van der Waals surface area (Å²) < 4.78 is 29.2. The minimum Gasteiger partial charge on any atom is -0.392 e. The third-order valence-electron chi connectivity index (χ3n) is 7.18. The van der Waals surface area contributed by atoms with Crippen LogP contribution in [0.2, 0.25) is 5.15 Å². The number of likely N-dealkylation sites (tertiary alicyclic amines) is 1. The number of rotatable bonds is 6. The largest absolute Gasteiger partial charge is 0.392 e. The van der Waals surface area contributed by atoms with E-state index in [0.29, 0.717) is 25.1 Å². The Morgan fingerprint density at radius 3 is 2.45 bits per heavy atom. The van der Waals surface area contributed by atoms with Gasteiger partial charge in [0.1, 0.15) is 5.15 Å². The Balaban J connectivity index is 1.53. The van der Waals surface area contributed by atoms with Crippen LogP contribution in [0.3, 0.4) is 0 Å². The Morgan fingerprint density at radius 2 is 1.76 bits per heavy atom. The van der Waals surface area contributed by atoms with Crippen LogP contribution in [-0.4, -0.2) is 53.1 Å². The van der Waals surface area contributed by atoms with Crippen LogP contribution in [0.15, 0.2) is 53.4 Å². The average Bonchev–Trinajstić information content (AvgIpc) is 2.99. The van der Waals surface area contributed by atoms with Gasteiger partial charge in [0.25, 0.3) is 10.0 Å². The lowest BCUT2D eigenvalue weighted by Gasteiger charge is -2.35. The van der Waals surface area contributed by atoms with E-state index in [2.05, 4.69) is 40.4 Å². The van der Waals surface area contributed by atoms with Crippen LogP contribution in [0, 0.1) is 19.8 Å². The summed E-state index contributed by atoms with van der Waals surface area (Å²) in [7, 11) is -3.95. The number of benzene rings is 2. The number of β-amino-alcohol motifs (C(OH)–C–C–N with tert-alkyl or cyclic N) is 1. The van der Waals surface area contributed by atoms with Crippen molar-refractivity contribution in [3.8, 4) is 11.3 Å². The molecule has 0 bridgehead atoms. The molecule has 0 aliphatic carbocycles. The van der Waals surface area contributed by atoms with Crippen molar-refractivity contribution in [2.24, 2.45) is 5.92 Å². The lowest BCUT2D eigenvalue weighted by atomic mass is 9.92. The smallest absolute Gasteiger partial charge is 0.264 e. The third kappa shape index (κ3) is 6.91. The lowest BCUT2D eigenvalue weighted by Crippen LogP contribution is -2.44. The fourth-order valence-corrected chi connectivity index (χ4v) is 6.41. The third-order valence-corrected chi connectivity index (χ3v) is 8.70. The maximum absolute atomic E-state index is 13.3. The van der Waals surface area contributed by atoms with Crippen molar-refractivity contribution in [2.75, 3.05) is 17.8 Å². The van der Waals surface area contributed by atoms with Gasteiger partial charge in [-0.25, -0.2) is 23.1 Å². The first kappa shape index (κ1) is 28.5. The monoisotopic (exact) mass is 556 g/mol. The molecule has 7 nitrogen and oxygen atoms in total. The zero-order valence-electron chi connectivity index (χ0n) is 22.7. The molecule has 1 aromatic heterocycles. The summed E-state index contributed by atoms with van der Waals surface area (Å²) >= 11 is 6.27. The van der Waals surface area contributed by atoms with E-state index in [1.165, 1.54) is 0 Å². The maximum atomic E-state index is 13.3. The van der Waals surface area contributed by atoms with Crippen LogP contribution in [0.25, 0.3) is 11.3 Å². The van der Waals surface area contributed by atoms with Gasteiger partial charge in [-0.05, 0) is 95.2 Å². The summed E-state index contributed by atoms with van der Waals surface area (Å²) in [4.78, 5) is 11.1. The molecule has 1 aliphatic rings. The minimum atomic E-state index is -3.95. The maximum Gasteiger partial charge on any atom is 0.264 e. The fraction of sp³-hybridized carbons (Fsp3) is 0.448. The van der Waals surface area contributed by atoms with Crippen LogP contribution >= 0.6 is 11.6 Å². The van der Waals surface area contributed by atoms with Crippen molar-refractivity contribution in [1.82, 2.24) is 14.9 Å². The molecule has 204 valence electrons. The molecule has 2 atom stereocenters. The highest BCUT2D eigenvalue weighted by atomic mass is 35.5. The quantitative estimate of drug-likeness (QED) is 0.382. The van der Waals surface area contributed by atoms with Crippen LogP contribution < -0.4 is 4.72 Å². The molecule has 38 heavy (non-hydrogen) atoms. The molecule has 0 amide bonds. The highest BCUT2D eigenvalue weighted by molar-refractivity contribution is 7.92. The number of aromatic nitrogens is 2. The van der Waals surface area contributed by atoms with Gasteiger partial charge in [-0.1, -0.05) is 41.9 Å². The molecule has 0 saturated carbocycles. The molecule has 1 unspecified atom stereocenters. The summed E-state index contributed by atoms with van der Waals surface area (Å²) in [5.74, 6) is 0.189. The zero-order chi connectivity index (χ0) is 27.7. The summed E-state index contributed by atoms with van der Waals surface area (Å²) in [5.41, 5.74) is 4.39. The normalized spacial score (nSPS) is 19.2. The van der Waals surface area contributed by atoms with Crippen molar-refractivity contribution >= 4 is 27.6 Å². The second-order valence-electron chi connectivity index (χ2n) is 11.3. The Morgan fingerprint density at radius 1 is 1.08 bits per heavy atom. The Kier molecular flexibility index (Phi) is 8.47. The van der Waals surface area contributed by atoms with Gasteiger partial charge in [-0.15, -0.1) is 0 Å². The van der Waals surface area contributed by atoms with Gasteiger partial charge in [-0.2, -0.15) is 0 Å². The van der Waals surface area contributed by atoms with Gasteiger partial charge in [-0.3, -0.25) is 4.90 Å². The predicted molar refractivity (Wildman–Crippen MR) is 153 cm³/mol. The molecule has 2 aromatic carbocycles. The first-order valence-electron chi connectivity index (χ1n) is 13.0. The van der Waals surface area contributed by atoms with Crippen LogP contribution in [-0.2, 0) is 16.4 Å². The number of anilines is 1. The molecular weight excluding hydrogens is 520 g/mol. The highest BCUT2D eigenvalue weighted by Gasteiger charge is 2.29. The summed E-state index contributed by atoms with van der Waals surface area (Å²) in [6, 6.07) is 14.5. The van der Waals surface area contributed by atoms with E-state index >= 15 is 0 Å². The molecular formula is C29H37ClN4O3S. The molecule has 0 radical (unpaired) electrons. The first-order valence-corrected chi connectivity index (χ1v) is 14.8.